The van der Waals surface area contributed by atoms with Crippen molar-refractivity contribution in [1.29, 1.82) is 0 Å². The Labute approximate surface area is 164 Å². The van der Waals surface area contributed by atoms with Crippen LogP contribution in [-0.2, 0) is 20.3 Å². The van der Waals surface area contributed by atoms with Crippen LogP contribution in [0.1, 0.15) is 11.1 Å². The molecular formula is C18H21N2O6V. The number of phenols is 2. The van der Waals surface area contributed by atoms with E-state index in [1.807, 2.05) is 0 Å². The van der Waals surface area contributed by atoms with Gasteiger partial charge in [-0.2, -0.15) is 0 Å². The molecule has 0 bridgehead atoms. The minimum absolute atomic E-state index is 0.0635. The minimum atomic E-state index is -1.56. The average Bonchev–Trinajstić information content (AvgIpc) is 2.67. The van der Waals surface area contributed by atoms with Crippen molar-refractivity contribution in [3.8, 4) is 23.0 Å². The van der Waals surface area contributed by atoms with E-state index in [0.717, 1.165) is 0 Å². The van der Waals surface area contributed by atoms with Gasteiger partial charge in [-0.15, -0.1) is 0 Å². The van der Waals surface area contributed by atoms with Crippen molar-refractivity contribution in [3.63, 3.8) is 0 Å². The van der Waals surface area contributed by atoms with Crippen molar-refractivity contribution in [3.05, 3.63) is 47.5 Å². The number of ether oxygens (including phenoxy) is 2. The van der Waals surface area contributed by atoms with Crippen LogP contribution in [0, 0.1) is 0 Å². The van der Waals surface area contributed by atoms with E-state index in [1.165, 1.54) is 14.2 Å². The van der Waals surface area contributed by atoms with Crippen LogP contribution in [0.2, 0.25) is 0 Å². The summed E-state index contributed by atoms with van der Waals surface area (Å²) in [5.74, 6) is 0.943. The van der Waals surface area contributed by atoms with Crippen molar-refractivity contribution in [2.24, 2.45) is 9.98 Å². The summed E-state index contributed by atoms with van der Waals surface area (Å²) in [6.07, 6.45) is 3.16. The topological polar surface area (TPSA) is 121 Å². The van der Waals surface area contributed by atoms with Gasteiger partial charge in [0, 0.05) is 23.6 Å². The summed E-state index contributed by atoms with van der Waals surface area (Å²) in [6, 6.07) is 10.4. The van der Waals surface area contributed by atoms with Gasteiger partial charge in [0.15, 0.2) is 23.0 Å². The van der Waals surface area contributed by atoms with Crippen LogP contribution < -0.4 is 9.47 Å². The zero-order chi connectivity index (χ0) is 20.1. The number of methoxy groups -OCH3 is 2. The molecule has 2 aromatic carbocycles. The number of aliphatic imine (C=N–C) groups is 2. The van der Waals surface area contributed by atoms with Crippen molar-refractivity contribution in [2.45, 2.75) is 0 Å². The summed E-state index contributed by atoms with van der Waals surface area (Å²) >= 11 is -1.56. The maximum absolute atomic E-state index is 9.93. The third kappa shape index (κ3) is 7.22. The Bertz CT molecular complexity index is 732. The number of rotatable bonds is 7. The Morgan fingerprint density at radius 1 is 0.889 bits per heavy atom. The first-order chi connectivity index (χ1) is 13.1. The van der Waals surface area contributed by atoms with E-state index in [9.17, 15) is 10.2 Å². The zero-order valence-electron chi connectivity index (χ0n) is 14.9. The Morgan fingerprint density at radius 3 is 1.59 bits per heavy atom. The van der Waals surface area contributed by atoms with E-state index >= 15 is 0 Å². The van der Waals surface area contributed by atoms with E-state index < -0.39 is 16.6 Å². The standard InChI is InChI=1S/C18H20N2O4.H2O.O.V/c1-23-15-7-3-5-13(17(15)21)11-19-9-10-20-12-14-6-4-8-16(24-2)18(14)22;;;/h3-8,11-12,21-22H,9-10H2,1-2H3;1H2;;/q;;;+1/p-1. The fourth-order valence-electron chi connectivity index (χ4n) is 2.06. The molecule has 0 fully saturated rings. The molecule has 2 rings (SSSR count). The van der Waals surface area contributed by atoms with E-state index in [0.29, 0.717) is 35.7 Å². The maximum atomic E-state index is 9.93. The van der Waals surface area contributed by atoms with Gasteiger partial charge in [-0.25, -0.2) is 0 Å². The number of hydrogen-bond donors (Lipinski definition) is 3. The second-order valence-corrected chi connectivity index (χ2v) is 5.20. The number of nitrogens with zero attached hydrogens (tertiary/aromatic N) is 2. The molecule has 0 spiro atoms. The SMILES string of the molecule is COc1cccc(C=NCCN=Cc2cccc(OC)c2O)c1O.[O]=[V][OH]. The van der Waals surface area contributed by atoms with E-state index in [-0.39, 0.29) is 11.5 Å². The van der Waals surface area contributed by atoms with E-state index in [4.69, 9.17) is 17.2 Å². The van der Waals surface area contributed by atoms with Crippen molar-refractivity contribution < 1.29 is 44.0 Å². The summed E-state index contributed by atoms with van der Waals surface area (Å²) in [6.45, 7) is 0.912. The molecule has 0 aliphatic rings. The fourth-order valence-corrected chi connectivity index (χ4v) is 2.06. The second-order valence-electron chi connectivity index (χ2n) is 4.95. The molecule has 2 aromatic rings. The molecule has 9 heteroatoms. The summed E-state index contributed by atoms with van der Waals surface area (Å²) in [5.41, 5.74) is 1.17. The summed E-state index contributed by atoms with van der Waals surface area (Å²) in [4.78, 5) is 8.45. The van der Waals surface area contributed by atoms with E-state index in [2.05, 4.69) is 9.98 Å². The number of para-hydroxylation sites is 2. The third-order valence-corrected chi connectivity index (χ3v) is 3.32. The van der Waals surface area contributed by atoms with Gasteiger partial charge < -0.3 is 19.7 Å². The van der Waals surface area contributed by atoms with E-state index in [1.54, 1.807) is 48.8 Å². The molecule has 8 nitrogen and oxygen atoms in total. The monoisotopic (exact) mass is 412 g/mol. The molecule has 27 heavy (non-hydrogen) atoms. The zero-order valence-corrected chi connectivity index (χ0v) is 16.3. The molecule has 0 saturated heterocycles. The van der Waals surface area contributed by atoms with Crippen LogP contribution in [0.15, 0.2) is 46.4 Å². The molecule has 0 radical (unpaired) electrons. The summed E-state index contributed by atoms with van der Waals surface area (Å²) in [7, 11) is 3.00. The molecule has 0 aromatic heterocycles. The van der Waals surface area contributed by atoms with Crippen LogP contribution >= 0.6 is 0 Å². The molecule has 0 heterocycles. The van der Waals surface area contributed by atoms with Crippen LogP contribution in [-0.4, -0.2) is 54.0 Å². The normalized spacial score (nSPS) is 10.5. The van der Waals surface area contributed by atoms with Crippen molar-refractivity contribution >= 4 is 12.4 Å². The molecule has 0 unspecified atom stereocenters. The van der Waals surface area contributed by atoms with Gasteiger partial charge >= 0.3 is 24.3 Å². The average molecular weight is 412 g/mol. The number of aromatic hydroxyl groups is 2. The summed E-state index contributed by atoms with van der Waals surface area (Å²) < 4.78 is 25.8. The first kappa shape index (κ1) is 22.4. The fraction of sp³-hybridized carbons (Fsp3) is 0.222. The van der Waals surface area contributed by atoms with Gasteiger partial charge in [-0.1, -0.05) is 12.1 Å². The van der Waals surface area contributed by atoms with Crippen molar-refractivity contribution in [1.82, 2.24) is 0 Å². The van der Waals surface area contributed by atoms with Gasteiger partial charge in [0.2, 0.25) is 0 Å². The van der Waals surface area contributed by atoms with Crippen LogP contribution in [0.25, 0.3) is 0 Å². The molecule has 0 aliphatic carbocycles. The number of hydrogen-bond acceptors (Lipinski definition) is 7. The Morgan fingerprint density at radius 2 is 1.26 bits per heavy atom. The molecule has 3 N–H and O–H groups in total. The number of benzene rings is 2. The quantitative estimate of drug-likeness (QED) is 0.472. The molecule has 0 atom stereocenters. The molecule has 144 valence electrons. The summed E-state index contributed by atoms with van der Waals surface area (Å²) in [5, 5.41) is 19.9. The second kappa shape index (κ2) is 12.6. The Hall–Kier alpha value is -2.68. The first-order valence-electron chi connectivity index (χ1n) is 7.77. The van der Waals surface area contributed by atoms with Gasteiger partial charge in [0.25, 0.3) is 0 Å². The van der Waals surface area contributed by atoms with Crippen LogP contribution in [0.3, 0.4) is 0 Å². The first-order valence-corrected chi connectivity index (χ1v) is 8.96. The van der Waals surface area contributed by atoms with Crippen molar-refractivity contribution in [2.75, 3.05) is 27.3 Å². The Balaban J connectivity index is 0.00000114. The predicted octanol–water partition coefficient (Wildman–Crippen LogP) is 1.97. The third-order valence-electron chi connectivity index (χ3n) is 3.32. The van der Waals surface area contributed by atoms with Crippen LogP contribution in [0.4, 0.5) is 0 Å². The Kier molecular flexibility index (Phi) is 10.5. The van der Waals surface area contributed by atoms with Gasteiger partial charge in [0.05, 0.1) is 27.3 Å². The molecule has 0 aliphatic heterocycles. The van der Waals surface area contributed by atoms with Crippen LogP contribution in [0.5, 0.6) is 23.0 Å². The van der Waals surface area contributed by atoms with Gasteiger partial charge in [-0.05, 0) is 24.3 Å². The predicted molar refractivity (Wildman–Crippen MR) is 97.1 cm³/mol. The molecule has 0 saturated carbocycles. The molecular weight excluding hydrogens is 391 g/mol. The van der Waals surface area contributed by atoms with Gasteiger partial charge in [-0.3, -0.25) is 9.98 Å². The molecule has 0 amide bonds. The van der Waals surface area contributed by atoms with Gasteiger partial charge in [0.1, 0.15) is 0 Å². The number of phenolic OH excluding ortho intramolecular Hbond substituents is 2.